The molecule has 3 aromatic rings. The first-order valence-corrected chi connectivity index (χ1v) is 9.10. The third-order valence-electron chi connectivity index (χ3n) is 3.84. The van der Waals surface area contributed by atoms with E-state index >= 15 is 0 Å². The van der Waals surface area contributed by atoms with Gasteiger partial charge >= 0.3 is 0 Å². The van der Waals surface area contributed by atoms with Crippen molar-refractivity contribution in [1.82, 2.24) is 4.98 Å². The molecule has 0 radical (unpaired) electrons. The van der Waals surface area contributed by atoms with Crippen LogP contribution in [0.4, 0.5) is 0 Å². The molecule has 2 N–H and O–H groups in total. The summed E-state index contributed by atoms with van der Waals surface area (Å²) in [6.45, 7) is 0. The number of aromatic hydroxyl groups is 1. The van der Waals surface area contributed by atoms with Crippen molar-refractivity contribution in [3.8, 4) is 5.88 Å². The highest BCUT2D eigenvalue weighted by Gasteiger charge is 2.14. The number of aromatic nitrogens is 1. The summed E-state index contributed by atoms with van der Waals surface area (Å²) in [6.07, 6.45) is 2.79. The molecule has 1 aliphatic rings. The smallest absolute Gasteiger partial charge is 0.197 e. The van der Waals surface area contributed by atoms with E-state index in [9.17, 15) is 13.5 Å². The lowest BCUT2D eigenvalue weighted by Crippen LogP contribution is -2.19. The number of hydrogen-bond donors (Lipinski definition) is 2. The van der Waals surface area contributed by atoms with Crippen LogP contribution in [0.1, 0.15) is 5.56 Å². The standard InChI is InChI=1S/C17H13N3O3S/c1-24(22,23)10-6-7-13-11(8-10)12(17(21)20-13)9-16-18-14-4-2-3-5-15(14)19-16/h2-9,20-21H,1H3. The number of rotatable bonds is 2. The van der Waals surface area contributed by atoms with Crippen molar-refractivity contribution in [1.29, 1.82) is 0 Å². The highest BCUT2D eigenvalue weighted by molar-refractivity contribution is 7.90. The predicted octanol–water partition coefficient (Wildman–Crippen LogP) is 1.53. The van der Waals surface area contributed by atoms with Gasteiger partial charge in [-0.3, -0.25) is 0 Å². The minimum atomic E-state index is -3.34. The number of nitrogens with zero attached hydrogens (tertiary/aromatic N) is 2. The average Bonchev–Trinajstić information content (AvgIpc) is 3.07. The Morgan fingerprint density at radius 1 is 1.08 bits per heavy atom. The lowest BCUT2D eigenvalue weighted by Gasteiger charge is -1.99. The predicted molar refractivity (Wildman–Crippen MR) is 89.8 cm³/mol. The Morgan fingerprint density at radius 3 is 2.38 bits per heavy atom. The van der Waals surface area contributed by atoms with Gasteiger partial charge in [-0.2, -0.15) is 0 Å². The Labute approximate surface area is 137 Å². The lowest BCUT2D eigenvalue weighted by atomic mass is 10.1. The van der Waals surface area contributed by atoms with Gasteiger partial charge < -0.3 is 10.1 Å². The van der Waals surface area contributed by atoms with E-state index < -0.39 is 9.84 Å². The number of fused-ring (bicyclic) bond motifs is 2. The highest BCUT2D eigenvalue weighted by atomic mass is 32.2. The van der Waals surface area contributed by atoms with Crippen molar-refractivity contribution in [2.24, 2.45) is 9.98 Å². The molecule has 0 aliphatic carbocycles. The van der Waals surface area contributed by atoms with Gasteiger partial charge in [-0.15, -0.1) is 0 Å². The first-order valence-electron chi connectivity index (χ1n) is 7.21. The van der Waals surface area contributed by atoms with E-state index in [0.717, 1.165) is 17.0 Å². The zero-order chi connectivity index (χ0) is 16.9. The summed E-state index contributed by atoms with van der Waals surface area (Å²) in [5.41, 5.74) is 1.10. The Balaban J connectivity index is 1.93. The van der Waals surface area contributed by atoms with Crippen LogP contribution in [0.2, 0.25) is 0 Å². The van der Waals surface area contributed by atoms with Crippen molar-refractivity contribution >= 4 is 26.8 Å². The third kappa shape index (κ3) is 2.39. The molecule has 0 spiro atoms. The van der Waals surface area contributed by atoms with Gasteiger partial charge in [-0.1, -0.05) is 12.1 Å². The molecule has 120 valence electrons. The van der Waals surface area contributed by atoms with E-state index in [0.29, 0.717) is 22.3 Å². The maximum Gasteiger partial charge on any atom is 0.197 e. The molecule has 0 amide bonds. The molecule has 4 rings (SSSR count). The molecule has 1 aromatic heterocycles. The highest BCUT2D eigenvalue weighted by Crippen LogP contribution is 2.31. The van der Waals surface area contributed by atoms with Crippen LogP contribution in [0.15, 0.2) is 63.2 Å². The molecule has 7 heteroatoms. The first kappa shape index (κ1) is 14.6. The van der Waals surface area contributed by atoms with Gasteiger partial charge in [-0.25, -0.2) is 18.4 Å². The molecule has 0 saturated carbocycles. The number of sulfone groups is 1. The second-order valence-electron chi connectivity index (χ2n) is 5.58. The number of aromatic amines is 1. The molecule has 0 bridgehead atoms. The van der Waals surface area contributed by atoms with Gasteiger partial charge in [0.05, 0.1) is 15.6 Å². The third-order valence-corrected chi connectivity index (χ3v) is 4.95. The van der Waals surface area contributed by atoms with Crippen LogP contribution in [-0.4, -0.2) is 24.8 Å². The second kappa shape index (κ2) is 5.04. The Bertz CT molecular complexity index is 1200. The minimum Gasteiger partial charge on any atom is -0.494 e. The van der Waals surface area contributed by atoms with Crippen molar-refractivity contribution < 1.29 is 13.5 Å². The van der Waals surface area contributed by atoms with Gasteiger partial charge in [0.25, 0.3) is 0 Å². The Kier molecular flexibility index (Phi) is 3.07. The maximum absolute atomic E-state index is 11.8. The SMILES string of the molecule is CS(=O)(=O)c1ccc2[nH]c(O)c(C=C3N=c4ccccc4=N3)c2c1. The second-order valence-corrected chi connectivity index (χ2v) is 7.60. The fraction of sp³-hybridized carbons (Fsp3) is 0.0588. The van der Waals surface area contributed by atoms with Crippen LogP contribution < -0.4 is 10.7 Å². The van der Waals surface area contributed by atoms with E-state index in [2.05, 4.69) is 15.0 Å². The molecule has 0 atom stereocenters. The van der Waals surface area contributed by atoms with Crippen molar-refractivity contribution in [2.45, 2.75) is 4.90 Å². The maximum atomic E-state index is 11.8. The average molecular weight is 339 g/mol. The molecule has 2 aromatic carbocycles. The van der Waals surface area contributed by atoms with E-state index in [1.165, 1.54) is 12.1 Å². The summed E-state index contributed by atoms with van der Waals surface area (Å²) in [4.78, 5) is 11.8. The van der Waals surface area contributed by atoms with Gasteiger partial charge in [0.15, 0.2) is 21.5 Å². The first-order chi connectivity index (χ1) is 11.4. The molecule has 0 fully saturated rings. The zero-order valence-corrected chi connectivity index (χ0v) is 13.5. The van der Waals surface area contributed by atoms with Crippen LogP contribution in [0.25, 0.3) is 17.0 Å². The van der Waals surface area contributed by atoms with E-state index in [1.807, 2.05) is 24.3 Å². The summed E-state index contributed by atoms with van der Waals surface area (Å²) in [5, 5.41) is 12.3. The van der Waals surface area contributed by atoms with Crippen LogP contribution in [0.3, 0.4) is 0 Å². The monoisotopic (exact) mass is 339 g/mol. The Hall–Kier alpha value is -2.93. The van der Waals surface area contributed by atoms with Crippen molar-refractivity contribution in [3.63, 3.8) is 0 Å². The van der Waals surface area contributed by atoms with Crippen LogP contribution in [-0.2, 0) is 9.84 Å². The van der Waals surface area contributed by atoms with Gasteiger partial charge in [0, 0.05) is 22.7 Å². The van der Waals surface area contributed by atoms with Gasteiger partial charge in [0.1, 0.15) is 0 Å². The molecule has 0 saturated heterocycles. The summed E-state index contributed by atoms with van der Waals surface area (Å²) in [7, 11) is -3.34. The normalized spacial score (nSPS) is 13.5. The van der Waals surface area contributed by atoms with Gasteiger partial charge in [0.2, 0.25) is 0 Å². The van der Waals surface area contributed by atoms with E-state index in [1.54, 1.807) is 12.1 Å². The molecule has 0 unspecified atom stereocenters. The summed E-state index contributed by atoms with van der Waals surface area (Å²) in [6, 6.07) is 12.1. The lowest BCUT2D eigenvalue weighted by molar-refractivity contribution is 0.457. The molecular weight excluding hydrogens is 326 g/mol. The van der Waals surface area contributed by atoms with Crippen LogP contribution in [0, 0.1) is 0 Å². The van der Waals surface area contributed by atoms with Gasteiger partial charge in [-0.05, 0) is 36.4 Å². The van der Waals surface area contributed by atoms with Crippen LogP contribution in [0.5, 0.6) is 5.88 Å². The summed E-state index contributed by atoms with van der Waals surface area (Å²) >= 11 is 0. The number of H-pyrrole nitrogens is 1. The van der Waals surface area contributed by atoms with Crippen molar-refractivity contribution in [2.75, 3.05) is 6.26 Å². The molecule has 2 heterocycles. The molecular formula is C17H13N3O3S. The minimum absolute atomic E-state index is 0.0514. The zero-order valence-electron chi connectivity index (χ0n) is 12.7. The fourth-order valence-corrected chi connectivity index (χ4v) is 3.32. The largest absolute Gasteiger partial charge is 0.494 e. The number of para-hydroxylation sites is 2. The number of benzene rings is 2. The van der Waals surface area contributed by atoms with Crippen molar-refractivity contribution in [3.05, 3.63) is 64.6 Å². The fourth-order valence-electron chi connectivity index (χ4n) is 2.67. The Morgan fingerprint density at radius 2 is 1.75 bits per heavy atom. The quantitative estimate of drug-likeness (QED) is 0.741. The van der Waals surface area contributed by atoms with E-state index in [4.69, 9.17) is 0 Å². The number of hydrogen-bond acceptors (Lipinski definition) is 5. The summed E-state index contributed by atoms with van der Waals surface area (Å²) < 4.78 is 23.5. The van der Waals surface area contributed by atoms with Crippen LogP contribution >= 0.6 is 0 Å². The number of nitrogens with one attached hydrogen (secondary N) is 1. The molecule has 6 nitrogen and oxygen atoms in total. The molecule has 24 heavy (non-hydrogen) atoms. The van der Waals surface area contributed by atoms with E-state index in [-0.39, 0.29) is 10.8 Å². The summed E-state index contributed by atoms with van der Waals surface area (Å²) in [5.74, 6) is 0.404. The topological polar surface area (TPSA) is 94.9 Å². The molecule has 1 aliphatic heterocycles.